The molecule has 1 heterocycles. The Hall–Kier alpha value is -2.87. The molecule has 0 spiro atoms. The minimum absolute atomic E-state index is 0.0610. The Morgan fingerprint density at radius 3 is 2.50 bits per heavy atom. The van der Waals surface area contributed by atoms with Gasteiger partial charge in [0.15, 0.2) is 0 Å². The Balaban J connectivity index is 2.21. The monoisotopic (exact) mass is 334 g/mol. The van der Waals surface area contributed by atoms with Crippen LogP contribution in [0.1, 0.15) is 5.56 Å². The van der Waals surface area contributed by atoms with E-state index in [9.17, 15) is 14.4 Å². The number of ether oxygens (including phenoxy) is 1. The van der Waals surface area contributed by atoms with E-state index in [1.165, 1.54) is 12.0 Å². The van der Waals surface area contributed by atoms with Crippen molar-refractivity contribution in [2.45, 2.75) is 6.42 Å². The molecule has 3 N–H and O–H groups in total. The zero-order chi connectivity index (χ0) is 17.7. The van der Waals surface area contributed by atoms with Gasteiger partial charge in [0.05, 0.1) is 32.3 Å². The van der Waals surface area contributed by atoms with E-state index in [1.807, 2.05) is 0 Å². The number of aliphatic hydroxyl groups is 1. The lowest BCUT2D eigenvalue weighted by molar-refractivity contribution is -0.137. The van der Waals surface area contributed by atoms with Gasteiger partial charge in [-0.05, 0) is 17.7 Å². The second-order valence-corrected chi connectivity index (χ2v) is 5.19. The van der Waals surface area contributed by atoms with Crippen LogP contribution in [0.2, 0.25) is 0 Å². The Labute approximate surface area is 138 Å². The van der Waals surface area contributed by atoms with Crippen molar-refractivity contribution in [1.29, 1.82) is 0 Å². The van der Waals surface area contributed by atoms with Gasteiger partial charge in [0, 0.05) is 12.2 Å². The molecule has 1 aliphatic heterocycles. The predicted octanol–water partition coefficient (Wildman–Crippen LogP) is -0.0128. The molecule has 2 rings (SSSR count). The number of amides is 1. The molecule has 0 fully saturated rings. The Bertz CT molecular complexity index is 680. The number of carboxylic acid groups (broad SMARTS) is 1. The van der Waals surface area contributed by atoms with Crippen LogP contribution in [0.15, 0.2) is 35.5 Å². The summed E-state index contributed by atoms with van der Waals surface area (Å²) in [4.78, 5) is 36.2. The number of carboxylic acids is 1. The van der Waals surface area contributed by atoms with E-state index in [-0.39, 0.29) is 37.4 Å². The average Bonchev–Trinajstić information content (AvgIpc) is 2.85. The van der Waals surface area contributed by atoms with Crippen molar-refractivity contribution in [3.8, 4) is 0 Å². The number of rotatable bonds is 7. The van der Waals surface area contributed by atoms with Crippen molar-refractivity contribution in [1.82, 2.24) is 4.90 Å². The second kappa shape index (κ2) is 7.60. The highest BCUT2D eigenvalue weighted by molar-refractivity contribution is 6.08. The number of nitrogens with zero attached hydrogens (tertiary/aromatic N) is 1. The van der Waals surface area contributed by atoms with Gasteiger partial charge in [-0.2, -0.15) is 0 Å². The minimum atomic E-state index is -0.933. The summed E-state index contributed by atoms with van der Waals surface area (Å²) in [6.45, 7) is -0.0368. The number of methoxy groups -OCH3 is 1. The molecule has 0 saturated heterocycles. The summed E-state index contributed by atoms with van der Waals surface area (Å²) in [5, 5.41) is 20.6. The SMILES string of the molecule is COC(=O)C1=C(Nc2ccc(CC(=O)O)cc2)C(=O)N(CCO)C1. The molecule has 8 heteroatoms. The topological polar surface area (TPSA) is 116 Å². The molecule has 0 bridgehead atoms. The van der Waals surface area contributed by atoms with Crippen molar-refractivity contribution in [2.24, 2.45) is 0 Å². The van der Waals surface area contributed by atoms with Crippen molar-refractivity contribution >= 4 is 23.5 Å². The summed E-state index contributed by atoms with van der Waals surface area (Å²) in [5.41, 5.74) is 1.45. The zero-order valence-corrected chi connectivity index (χ0v) is 13.1. The fourth-order valence-corrected chi connectivity index (χ4v) is 2.37. The first-order valence-corrected chi connectivity index (χ1v) is 7.25. The Kier molecular flexibility index (Phi) is 5.54. The van der Waals surface area contributed by atoms with Crippen molar-refractivity contribution in [3.05, 3.63) is 41.1 Å². The van der Waals surface area contributed by atoms with Gasteiger partial charge in [-0.25, -0.2) is 4.79 Å². The van der Waals surface area contributed by atoms with Crippen LogP contribution in [0.4, 0.5) is 5.69 Å². The maximum atomic E-state index is 12.4. The first-order chi connectivity index (χ1) is 11.5. The number of carbonyl (C=O) groups is 3. The van der Waals surface area contributed by atoms with Crippen LogP contribution < -0.4 is 5.32 Å². The van der Waals surface area contributed by atoms with Crippen LogP contribution in [0, 0.1) is 0 Å². The fraction of sp³-hybridized carbons (Fsp3) is 0.312. The van der Waals surface area contributed by atoms with Gasteiger partial charge < -0.3 is 25.2 Å². The number of nitrogens with one attached hydrogen (secondary N) is 1. The highest BCUT2D eigenvalue weighted by atomic mass is 16.5. The molecule has 1 aromatic carbocycles. The highest BCUT2D eigenvalue weighted by Crippen LogP contribution is 2.23. The van der Waals surface area contributed by atoms with E-state index in [0.717, 1.165) is 0 Å². The summed E-state index contributed by atoms with van der Waals surface area (Å²) < 4.78 is 4.70. The Morgan fingerprint density at radius 1 is 1.29 bits per heavy atom. The van der Waals surface area contributed by atoms with E-state index in [1.54, 1.807) is 24.3 Å². The van der Waals surface area contributed by atoms with Crippen LogP contribution in [0.5, 0.6) is 0 Å². The van der Waals surface area contributed by atoms with Crippen molar-refractivity contribution < 1.29 is 29.3 Å². The number of hydrogen-bond acceptors (Lipinski definition) is 6. The van der Waals surface area contributed by atoms with Gasteiger partial charge in [0.1, 0.15) is 5.70 Å². The number of hydrogen-bond donors (Lipinski definition) is 3. The maximum Gasteiger partial charge on any atom is 0.337 e. The van der Waals surface area contributed by atoms with Crippen molar-refractivity contribution in [3.63, 3.8) is 0 Å². The molecule has 0 saturated carbocycles. The summed E-state index contributed by atoms with van der Waals surface area (Å²) in [7, 11) is 1.23. The van der Waals surface area contributed by atoms with Gasteiger partial charge in [-0.1, -0.05) is 12.1 Å². The molecule has 8 nitrogen and oxygen atoms in total. The third kappa shape index (κ3) is 3.90. The van der Waals surface area contributed by atoms with E-state index in [0.29, 0.717) is 11.3 Å². The first kappa shape index (κ1) is 17.5. The quantitative estimate of drug-likeness (QED) is 0.600. The molecule has 1 aliphatic rings. The van der Waals surface area contributed by atoms with E-state index < -0.39 is 17.8 Å². The lowest BCUT2D eigenvalue weighted by Gasteiger charge is -2.15. The first-order valence-electron chi connectivity index (χ1n) is 7.25. The number of benzene rings is 1. The predicted molar refractivity (Wildman–Crippen MR) is 84.1 cm³/mol. The number of aliphatic carboxylic acids is 1. The summed E-state index contributed by atoms with van der Waals surface area (Å²) >= 11 is 0. The standard InChI is InChI=1S/C16H18N2O6/c1-24-16(23)12-9-18(6-7-19)15(22)14(12)17-11-4-2-10(3-5-11)8-13(20)21/h2-5,17,19H,6-9H2,1H3,(H,20,21). The van der Waals surface area contributed by atoms with E-state index in [2.05, 4.69) is 5.32 Å². The average molecular weight is 334 g/mol. The largest absolute Gasteiger partial charge is 0.481 e. The second-order valence-electron chi connectivity index (χ2n) is 5.19. The van der Waals surface area contributed by atoms with Gasteiger partial charge in [-0.15, -0.1) is 0 Å². The molecule has 0 atom stereocenters. The van der Waals surface area contributed by atoms with Crippen LogP contribution in [0.3, 0.4) is 0 Å². The smallest absolute Gasteiger partial charge is 0.337 e. The number of esters is 1. The molecular weight excluding hydrogens is 316 g/mol. The summed E-state index contributed by atoms with van der Waals surface area (Å²) in [6.07, 6.45) is -0.0976. The molecule has 1 amide bonds. The minimum Gasteiger partial charge on any atom is -0.481 e. The molecule has 0 radical (unpaired) electrons. The van der Waals surface area contributed by atoms with E-state index in [4.69, 9.17) is 14.9 Å². The molecule has 24 heavy (non-hydrogen) atoms. The van der Waals surface area contributed by atoms with Crippen LogP contribution in [-0.4, -0.2) is 59.8 Å². The molecule has 128 valence electrons. The van der Waals surface area contributed by atoms with E-state index >= 15 is 0 Å². The molecule has 1 aromatic rings. The van der Waals surface area contributed by atoms with Gasteiger partial charge in [0.25, 0.3) is 5.91 Å². The number of aliphatic hydroxyl groups excluding tert-OH is 1. The third-order valence-electron chi connectivity index (χ3n) is 3.53. The number of carbonyl (C=O) groups excluding carboxylic acids is 2. The lowest BCUT2D eigenvalue weighted by Crippen LogP contribution is -2.31. The zero-order valence-electron chi connectivity index (χ0n) is 13.1. The van der Waals surface area contributed by atoms with Crippen LogP contribution >= 0.6 is 0 Å². The van der Waals surface area contributed by atoms with Gasteiger partial charge >= 0.3 is 11.9 Å². The Morgan fingerprint density at radius 2 is 1.96 bits per heavy atom. The maximum absolute atomic E-state index is 12.4. The summed E-state index contributed by atoms with van der Waals surface area (Å²) in [5.74, 6) is -1.95. The molecule has 0 unspecified atom stereocenters. The third-order valence-corrected chi connectivity index (χ3v) is 3.53. The number of anilines is 1. The molecule has 0 aromatic heterocycles. The molecular formula is C16H18N2O6. The molecule has 0 aliphatic carbocycles. The van der Waals surface area contributed by atoms with Crippen LogP contribution in [-0.2, 0) is 25.5 Å². The van der Waals surface area contributed by atoms with Gasteiger partial charge in [-0.3, -0.25) is 9.59 Å². The number of β-amino-alcohol motifs (C(OH)–C–C–N with tert-alkyl or cyclic N) is 1. The van der Waals surface area contributed by atoms with Crippen molar-refractivity contribution in [2.75, 3.05) is 32.1 Å². The summed E-state index contributed by atoms with van der Waals surface area (Å²) in [6, 6.07) is 6.50. The van der Waals surface area contributed by atoms with Gasteiger partial charge in [0.2, 0.25) is 0 Å². The lowest BCUT2D eigenvalue weighted by atomic mass is 10.1. The normalized spacial score (nSPS) is 14.1. The highest BCUT2D eigenvalue weighted by Gasteiger charge is 2.34. The van der Waals surface area contributed by atoms with Crippen LogP contribution in [0.25, 0.3) is 0 Å². The fourth-order valence-electron chi connectivity index (χ4n) is 2.37.